The number of amides is 1. The molecule has 1 saturated heterocycles. The minimum atomic E-state index is -0.0301. The van der Waals surface area contributed by atoms with Crippen LogP contribution in [0, 0.1) is 0 Å². The van der Waals surface area contributed by atoms with E-state index in [2.05, 4.69) is 28.2 Å². The first-order valence-electron chi connectivity index (χ1n) is 5.13. The highest BCUT2D eigenvalue weighted by atomic mass is 79.9. The van der Waals surface area contributed by atoms with Crippen molar-refractivity contribution in [3.8, 4) is 0 Å². The number of thioether (sulfide) groups is 1. The molecule has 0 aromatic rings. The van der Waals surface area contributed by atoms with E-state index in [1.807, 2.05) is 18.7 Å². The molecule has 1 heterocycles. The van der Waals surface area contributed by atoms with E-state index in [0.717, 1.165) is 13.0 Å². The summed E-state index contributed by atoms with van der Waals surface area (Å²) < 4.78 is 0.274. The summed E-state index contributed by atoms with van der Waals surface area (Å²) in [5.74, 6) is 1.36. The molecule has 0 saturated carbocycles. The van der Waals surface area contributed by atoms with Gasteiger partial charge >= 0.3 is 0 Å². The first-order valence-corrected chi connectivity index (χ1v) is 7.03. The summed E-state index contributed by atoms with van der Waals surface area (Å²) in [4.78, 5) is 11.5. The van der Waals surface area contributed by atoms with Crippen molar-refractivity contribution in [2.24, 2.45) is 0 Å². The number of hydrogen-bond donors (Lipinski definition) is 1. The molecule has 1 aliphatic rings. The maximum atomic E-state index is 11.5. The summed E-state index contributed by atoms with van der Waals surface area (Å²) in [5, 5.41) is 3.01. The van der Waals surface area contributed by atoms with Gasteiger partial charge in [-0.3, -0.25) is 4.79 Å². The molecule has 1 N–H and O–H groups in total. The van der Waals surface area contributed by atoms with Crippen LogP contribution in [0.2, 0.25) is 0 Å². The highest BCUT2D eigenvalue weighted by Gasteiger charge is 2.30. The third-order valence-corrected chi connectivity index (χ3v) is 5.18. The van der Waals surface area contributed by atoms with Crippen LogP contribution in [0.5, 0.6) is 0 Å². The monoisotopic (exact) mass is 279 g/mol. The van der Waals surface area contributed by atoms with Crippen molar-refractivity contribution in [3.05, 3.63) is 0 Å². The van der Waals surface area contributed by atoms with Gasteiger partial charge in [-0.25, -0.2) is 0 Å². The van der Waals surface area contributed by atoms with E-state index in [0.29, 0.717) is 0 Å². The SMILES string of the molecule is CCC(Br)C(=O)NCC1(C)CCCS1. The van der Waals surface area contributed by atoms with Gasteiger partial charge in [0.1, 0.15) is 0 Å². The van der Waals surface area contributed by atoms with Crippen molar-refractivity contribution in [1.82, 2.24) is 5.32 Å². The summed E-state index contributed by atoms with van der Waals surface area (Å²) in [7, 11) is 0. The normalized spacial score (nSPS) is 28.8. The van der Waals surface area contributed by atoms with Crippen molar-refractivity contribution in [3.63, 3.8) is 0 Å². The molecule has 2 atom stereocenters. The smallest absolute Gasteiger partial charge is 0.233 e. The molecule has 4 heteroatoms. The third kappa shape index (κ3) is 3.46. The number of carbonyl (C=O) groups excluding carboxylic acids is 1. The Hall–Kier alpha value is 0.300. The molecule has 2 nitrogen and oxygen atoms in total. The van der Waals surface area contributed by atoms with Crippen molar-refractivity contribution in [1.29, 1.82) is 0 Å². The maximum Gasteiger partial charge on any atom is 0.233 e. The van der Waals surface area contributed by atoms with Crippen LogP contribution in [0.3, 0.4) is 0 Å². The van der Waals surface area contributed by atoms with Gasteiger partial charge in [-0.1, -0.05) is 22.9 Å². The Morgan fingerprint density at radius 1 is 1.71 bits per heavy atom. The predicted octanol–water partition coefficient (Wildman–Crippen LogP) is 2.56. The summed E-state index contributed by atoms with van der Waals surface area (Å²) >= 11 is 5.33. The van der Waals surface area contributed by atoms with Gasteiger partial charge in [-0.05, 0) is 31.9 Å². The molecule has 0 radical (unpaired) electrons. The molecule has 0 bridgehead atoms. The van der Waals surface area contributed by atoms with E-state index in [9.17, 15) is 4.79 Å². The number of carbonyl (C=O) groups is 1. The van der Waals surface area contributed by atoms with Gasteiger partial charge < -0.3 is 5.32 Å². The highest BCUT2D eigenvalue weighted by molar-refractivity contribution is 9.10. The molecular formula is C10H18BrNOS. The lowest BCUT2D eigenvalue weighted by molar-refractivity contribution is -0.120. The fourth-order valence-corrected chi connectivity index (χ4v) is 2.95. The summed E-state index contributed by atoms with van der Waals surface area (Å²) in [5.41, 5.74) is 0. The number of rotatable bonds is 4. The van der Waals surface area contributed by atoms with E-state index in [1.54, 1.807) is 0 Å². The fraction of sp³-hybridized carbons (Fsp3) is 0.900. The number of halogens is 1. The van der Waals surface area contributed by atoms with Gasteiger partial charge in [0.05, 0.1) is 4.83 Å². The highest BCUT2D eigenvalue weighted by Crippen LogP contribution is 2.36. The van der Waals surface area contributed by atoms with Crippen molar-refractivity contribution >= 4 is 33.6 Å². The second-order valence-electron chi connectivity index (χ2n) is 4.00. The van der Waals surface area contributed by atoms with Crippen LogP contribution in [0.4, 0.5) is 0 Å². The Balaban J connectivity index is 2.29. The second-order valence-corrected chi connectivity index (χ2v) is 6.78. The quantitative estimate of drug-likeness (QED) is 0.802. The summed E-state index contributed by atoms with van der Waals surface area (Å²) in [6, 6.07) is 0. The average Bonchev–Trinajstić information content (AvgIpc) is 2.61. The van der Waals surface area contributed by atoms with Crippen LogP contribution in [-0.4, -0.2) is 27.8 Å². The van der Waals surface area contributed by atoms with Gasteiger partial charge in [0.2, 0.25) is 5.91 Å². The predicted molar refractivity (Wildman–Crippen MR) is 66.1 cm³/mol. The largest absolute Gasteiger partial charge is 0.354 e. The topological polar surface area (TPSA) is 29.1 Å². The molecule has 1 aliphatic heterocycles. The van der Waals surface area contributed by atoms with Crippen LogP contribution in [0.15, 0.2) is 0 Å². The number of hydrogen-bond acceptors (Lipinski definition) is 2. The molecule has 0 aromatic heterocycles. The van der Waals surface area contributed by atoms with Crippen LogP contribution < -0.4 is 5.32 Å². The Labute approximate surface area is 98.7 Å². The zero-order chi connectivity index (χ0) is 10.6. The van der Waals surface area contributed by atoms with Crippen LogP contribution in [0.25, 0.3) is 0 Å². The van der Waals surface area contributed by atoms with E-state index < -0.39 is 0 Å². The van der Waals surface area contributed by atoms with E-state index in [4.69, 9.17) is 0 Å². The molecule has 1 rings (SSSR count). The molecule has 1 amide bonds. The average molecular weight is 280 g/mol. The van der Waals surface area contributed by atoms with Crippen molar-refractivity contribution < 1.29 is 4.79 Å². The molecule has 0 spiro atoms. The van der Waals surface area contributed by atoms with Crippen molar-refractivity contribution in [2.75, 3.05) is 12.3 Å². The lowest BCUT2D eigenvalue weighted by atomic mass is 10.1. The zero-order valence-electron chi connectivity index (χ0n) is 8.81. The molecule has 82 valence electrons. The van der Waals surface area contributed by atoms with Crippen LogP contribution in [0.1, 0.15) is 33.1 Å². The number of nitrogens with one attached hydrogen (secondary N) is 1. The van der Waals surface area contributed by atoms with E-state index in [-0.39, 0.29) is 15.5 Å². The minimum absolute atomic E-state index is 0.0301. The van der Waals surface area contributed by atoms with Gasteiger partial charge in [-0.2, -0.15) is 11.8 Å². The molecule has 2 unspecified atom stereocenters. The lowest BCUT2D eigenvalue weighted by Crippen LogP contribution is -2.40. The second kappa shape index (κ2) is 5.40. The van der Waals surface area contributed by atoms with E-state index >= 15 is 0 Å². The Kier molecular flexibility index (Phi) is 4.77. The lowest BCUT2D eigenvalue weighted by Gasteiger charge is -2.23. The van der Waals surface area contributed by atoms with Crippen LogP contribution in [-0.2, 0) is 4.79 Å². The zero-order valence-corrected chi connectivity index (χ0v) is 11.2. The van der Waals surface area contributed by atoms with Gasteiger partial charge in [0.15, 0.2) is 0 Å². The van der Waals surface area contributed by atoms with Gasteiger partial charge in [0.25, 0.3) is 0 Å². The summed E-state index contributed by atoms with van der Waals surface area (Å²) in [6.07, 6.45) is 3.34. The maximum absolute atomic E-state index is 11.5. The summed E-state index contributed by atoms with van der Waals surface area (Å²) in [6.45, 7) is 5.05. The first kappa shape index (κ1) is 12.4. The Morgan fingerprint density at radius 2 is 2.43 bits per heavy atom. The molecule has 0 aliphatic carbocycles. The molecule has 14 heavy (non-hydrogen) atoms. The third-order valence-electron chi connectivity index (χ3n) is 2.58. The first-order chi connectivity index (χ1) is 6.57. The standard InChI is InChI=1S/C10H18BrNOS/c1-3-8(11)9(13)12-7-10(2)5-4-6-14-10/h8H,3-7H2,1-2H3,(H,12,13). The van der Waals surface area contributed by atoms with E-state index in [1.165, 1.54) is 18.6 Å². The fourth-order valence-electron chi connectivity index (χ4n) is 1.55. The molecule has 0 aromatic carbocycles. The van der Waals surface area contributed by atoms with Gasteiger partial charge in [0, 0.05) is 11.3 Å². The Bertz CT molecular complexity index is 204. The van der Waals surface area contributed by atoms with Gasteiger partial charge in [-0.15, -0.1) is 0 Å². The molecular weight excluding hydrogens is 262 g/mol. The molecule has 1 fully saturated rings. The van der Waals surface area contributed by atoms with Crippen LogP contribution >= 0.6 is 27.7 Å². The number of alkyl halides is 1. The Morgan fingerprint density at radius 3 is 2.93 bits per heavy atom. The van der Waals surface area contributed by atoms with Crippen molar-refractivity contribution in [2.45, 2.75) is 42.7 Å². The minimum Gasteiger partial charge on any atom is -0.354 e.